The summed E-state index contributed by atoms with van der Waals surface area (Å²) < 4.78 is 6.15. The van der Waals surface area contributed by atoms with Crippen LogP contribution in [-0.4, -0.2) is 17.7 Å². The molecule has 0 amide bonds. The molecule has 3 nitrogen and oxygen atoms in total. The lowest BCUT2D eigenvalue weighted by Crippen LogP contribution is -2.07. The van der Waals surface area contributed by atoms with E-state index in [1.54, 1.807) is 0 Å². The second kappa shape index (κ2) is 5.31. The fourth-order valence-electron chi connectivity index (χ4n) is 1.07. The second-order valence-corrected chi connectivity index (χ2v) is 4.01. The maximum Gasteiger partial charge on any atom is 0.329 e. The number of hydrogen-bond acceptors (Lipinski definition) is 2. The van der Waals surface area contributed by atoms with E-state index in [0.29, 0.717) is 6.61 Å². The predicted molar refractivity (Wildman–Crippen MR) is 61.2 cm³/mol. The van der Waals surface area contributed by atoms with Gasteiger partial charge in [0, 0.05) is 3.57 Å². The van der Waals surface area contributed by atoms with E-state index in [2.05, 4.69) is 22.6 Å². The molecule has 0 unspecified atom stereocenters. The van der Waals surface area contributed by atoms with Crippen molar-refractivity contribution in [3.05, 3.63) is 32.9 Å². The summed E-state index contributed by atoms with van der Waals surface area (Å²) >= 11 is 2.23. The molecule has 0 aliphatic carbocycles. The summed E-state index contributed by atoms with van der Waals surface area (Å²) in [6.07, 6.45) is 0. The van der Waals surface area contributed by atoms with Crippen molar-refractivity contribution in [2.75, 3.05) is 6.61 Å². The zero-order valence-electron chi connectivity index (χ0n) is 7.79. The van der Waals surface area contributed by atoms with Crippen molar-refractivity contribution in [2.24, 2.45) is 0 Å². The lowest BCUT2D eigenvalue weighted by atomic mass is 10.1. The topological polar surface area (TPSA) is 46.5 Å². The number of benzene rings is 1. The molecule has 0 aromatic heterocycles. The van der Waals surface area contributed by atoms with Gasteiger partial charge in [0.15, 0.2) is 0 Å². The van der Waals surface area contributed by atoms with Crippen LogP contribution < -0.4 is 0 Å². The molecule has 4 heteroatoms. The van der Waals surface area contributed by atoms with Crippen LogP contribution in [0.15, 0.2) is 18.2 Å². The molecular formula is C10H11IO3. The van der Waals surface area contributed by atoms with Crippen molar-refractivity contribution < 1.29 is 14.6 Å². The predicted octanol–water partition coefficient (Wildman–Crippen LogP) is 2.20. The monoisotopic (exact) mass is 306 g/mol. The maximum absolute atomic E-state index is 10.2. The Bertz CT molecular complexity index is 336. The highest BCUT2D eigenvalue weighted by Gasteiger charge is 2.03. The lowest BCUT2D eigenvalue weighted by Gasteiger charge is -2.06. The van der Waals surface area contributed by atoms with Crippen molar-refractivity contribution in [1.82, 2.24) is 0 Å². The Kier molecular flexibility index (Phi) is 4.34. The number of aliphatic carboxylic acids is 1. The van der Waals surface area contributed by atoms with Gasteiger partial charge in [0.2, 0.25) is 0 Å². The van der Waals surface area contributed by atoms with Gasteiger partial charge < -0.3 is 9.84 Å². The summed E-state index contributed by atoms with van der Waals surface area (Å²) in [5.74, 6) is -0.937. The molecule has 1 rings (SSSR count). The van der Waals surface area contributed by atoms with Crippen LogP contribution in [0.4, 0.5) is 0 Å². The number of aryl methyl sites for hydroxylation is 1. The first-order chi connectivity index (χ1) is 6.61. The van der Waals surface area contributed by atoms with Crippen LogP contribution in [0.25, 0.3) is 0 Å². The average Bonchev–Trinajstić information content (AvgIpc) is 2.12. The zero-order chi connectivity index (χ0) is 10.6. The van der Waals surface area contributed by atoms with Crippen LogP contribution in [0.1, 0.15) is 11.1 Å². The number of hydrogen-bond donors (Lipinski definition) is 1. The fraction of sp³-hybridized carbons (Fsp3) is 0.300. The van der Waals surface area contributed by atoms with Gasteiger partial charge in [0.25, 0.3) is 0 Å². The Morgan fingerprint density at radius 3 is 2.93 bits per heavy atom. The molecule has 0 bridgehead atoms. The highest BCUT2D eigenvalue weighted by atomic mass is 127. The highest BCUT2D eigenvalue weighted by molar-refractivity contribution is 14.1. The maximum atomic E-state index is 10.2. The van der Waals surface area contributed by atoms with Gasteiger partial charge in [-0.15, -0.1) is 0 Å². The van der Waals surface area contributed by atoms with Crippen molar-refractivity contribution in [2.45, 2.75) is 13.5 Å². The van der Waals surface area contributed by atoms with Gasteiger partial charge in [0.1, 0.15) is 6.61 Å². The third-order valence-electron chi connectivity index (χ3n) is 1.75. The van der Waals surface area contributed by atoms with E-state index in [9.17, 15) is 4.79 Å². The minimum absolute atomic E-state index is 0.246. The van der Waals surface area contributed by atoms with E-state index in [0.717, 1.165) is 9.13 Å². The summed E-state index contributed by atoms with van der Waals surface area (Å²) in [4.78, 5) is 10.2. The first-order valence-electron chi connectivity index (χ1n) is 4.15. The van der Waals surface area contributed by atoms with Crippen LogP contribution in [0, 0.1) is 10.5 Å². The molecular weight excluding hydrogens is 295 g/mol. The van der Waals surface area contributed by atoms with E-state index in [-0.39, 0.29) is 6.61 Å². The smallest absolute Gasteiger partial charge is 0.329 e. The van der Waals surface area contributed by atoms with E-state index >= 15 is 0 Å². The van der Waals surface area contributed by atoms with Gasteiger partial charge in [-0.25, -0.2) is 4.79 Å². The Morgan fingerprint density at radius 2 is 2.29 bits per heavy atom. The molecule has 0 heterocycles. The van der Waals surface area contributed by atoms with Crippen LogP contribution in [0.3, 0.4) is 0 Å². The lowest BCUT2D eigenvalue weighted by molar-refractivity contribution is -0.142. The number of carboxylic acid groups (broad SMARTS) is 1. The molecule has 1 N–H and O–H groups in total. The Morgan fingerprint density at radius 1 is 1.57 bits per heavy atom. The van der Waals surface area contributed by atoms with Gasteiger partial charge >= 0.3 is 5.97 Å². The highest BCUT2D eigenvalue weighted by Crippen LogP contribution is 2.17. The van der Waals surface area contributed by atoms with Gasteiger partial charge in [-0.05, 0) is 40.6 Å². The number of rotatable bonds is 4. The molecule has 0 spiro atoms. The summed E-state index contributed by atoms with van der Waals surface area (Å²) in [7, 11) is 0. The average molecular weight is 306 g/mol. The molecule has 0 fully saturated rings. The molecule has 0 radical (unpaired) electrons. The zero-order valence-corrected chi connectivity index (χ0v) is 9.95. The van der Waals surface area contributed by atoms with E-state index in [1.807, 2.05) is 25.1 Å². The van der Waals surface area contributed by atoms with Crippen LogP contribution in [0.5, 0.6) is 0 Å². The molecule has 76 valence electrons. The molecule has 1 aromatic rings. The minimum atomic E-state index is -0.937. The van der Waals surface area contributed by atoms with Crippen LogP contribution >= 0.6 is 22.6 Å². The van der Waals surface area contributed by atoms with Gasteiger partial charge in [0.05, 0.1) is 6.61 Å². The SMILES string of the molecule is Cc1cccc(COCC(=O)O)c1I. The van der Waals surface area contributed by atoms with Crippen molar-refractivity contribution in [1.29, 1.82) is 0 Å². The first-order valence-corrected chi connectivity index (χ1v) is 5.22. The molecule has 0 saturated carbocycles. The summed E-state index contributed by atoms with van der Waals surface area (Å²) in [6.45, 7) is 2.12. The number of halogens is 1. The number of carbonyl (C=O) groups is 1. The van der Waals surface area contributed by atoms with Gasteiger partial charge in [-0.3, -0.25) is 0 Å². The fourth-order valence-corrected chi connectivity index (χ4v) is 1.58. The molecule has 0 aliphatic rings. The molecule has 1 aromatic carbocycles. The standard InChI is InChI=1S/C10H11IO3/c1-7-3-2-4-8(10(7)11)5-14-6-9(12)13/h2-4H,5-6H2,1H3,(H,12,13). The summed E-state index contributed by atoms with van der Waals surface area (Å²) in [5.41, 5.74) is 2.22. The molecule has 0 atom stereocenters. The van der Waals surface area contributed by atoms with Crippen LogP contribution in [-0.2, 0) is 16.1 Å². The van der Waals surface area contributed by atoms with E-state index in [1.165, 1.54) is 5.56 Å². The largest absolute Gasteiger partial charge is 0.480 e. The molecule has 14 heavy (non-hydrogen) atoms. The Balaban J connectivity index is 2.59. The second-order valence-electron chi connectivity index (χ2n) is 2.93. The number of carboxylic acids is 1. The Labute approximate surface area is 96.2 Å². The third kappa shape index (κ3) is 3.26. The van der Waals surface area contributed by atoms with E-state index < -0.39 is 5.97 Å². The third-order valence-corrected chi connectivity index (χ3v) is 3.30. The van der Waals surface area contributed by atoms with E-state index in [4.69, 9.17) is 9.84 Å². The van der Waals surface area contributed by atoms with Crippen molar-refractivity contribution in [3.63, 3.8) is 0 Å². The van der Waals surface area contributed by atoms with Crippen molar-refractivity contribution in [3.8, 4) is 0 Å². The van der Waals surface area contributed by atoms with Gasteiger partial charge in [-0.1, -0.05) is 18.2 Å². The van der Waals surface area contributed by atoms with Crippen LogP contribution in [0.2, 0.25) is 0 Å². The Hall–Kier alpha value is -0.620. The normalized spacial score (nSPS) is 10.1. The van der Waals surface area contributed by atoms with Gasteiger partial charge in [-0.2, -0.15) is 0 Å². The first kappa shape index (κ1) is 11.5. The summed E-state index contributed by atoms with van der Waals surface area (Å²) in [5, 5.41) is 8.39. The molecule has 0 aliphatic heterocycles. The van der Waals surface area contributed by atoms with Crippen molar-refractivity contribution >= 4 is 28.6 Å². The minimum Gasteiger partial charge on any atom is -0.480 e. The number of ether oxygens (including phenoxy) is 1. The molecule has 0 saturated heterocycles. The quantitative estimate of drug-likeness (QED) is 0.868. The summed E-state index contributed by atoms with van der Waals surface area (Å²) in [6, 6.07) is 5.90.